The van der Waals surface area contributed by atoms with Crippen molar-refractivity contribution < 1.29 is 13.9 Å². The predicted octanol–water partition coefficient (Wildman–Crippen LogP) is 3.57. The van der Waals surface area contributed by atoms with Crippen LogP contribution in [-0.4, -0.2) is 89.0 Å². The number of likely N-dealkylation sites (tertiary alicyclic amines) is 1. The van der Waals surface area contributed by atoms with E-state index in [4.69, 9.17) is 24.5 Å². The molecule has 0 saturated carbocycles. The number of alkyl halides is 1. The Morgan fingerprint density at radius 1 is 1.00 bits per heavy atom. The highest BCUT2D eigenvalue weighted by molar-refractivity contribution is 5.82. The van der Waals surface area contributed by atoms with E-state index in [1.54, 1.807) is 0 Å². The van der Waals surface area contributed by atoms with Crippen molar-refractivity contribution in [3.63, 3.8) is 0 Å². The number of rotatable bonds is 4. The van der Waals surface area contributed by atoms with Crippen LogP contribution in [0.4, 0.5) is 10.2 Å². The minimum atomic E-state index is -0.896. The van der Waals surface area contributed by atoms with Crippen molar-refractivity contribution >= 4 is 16.7 Å². The quantitative estimate of drug-likeness (QED) is 0.549. The lowest BCUT2D eigenvalue weighted by molar-refractivity contribution is -0.0807. The molecule has 3 aliphatic rings. The molecule has 3 saturated heterocycles. The molecule has 0 spiro atoms. The topological polar surface area (TPSA) is 68.5 Å². The number of hydrogen-bond acceptors (Lipinski definition) is 7. The Bertz CT molecular complexity index is 1240. The van der Waals surface area contributed by atoms with E-state index < -0.39 is 6.17 Å². The number of anilines is 1. The van der Waals surface area contributed by atoms with Crippen LogP contribution in [0.1, 0.15) is 42.6 Å². The van der Waals surface area contributed by atoms with Crippen LogP contribution in [0.25, 0.3) is 16.7 Å². The van der Waals surface area contributed by atoms with Gasteiger partial charge >= 0.3 is 0 Å². The lowest BCUT2D eigenvalue weighted by Gasteiger charge is -2.43. The summed E-state index contributed by atoms with van der Waals surface area (Å²) < 4.78 is 28.5. The van der Waals surface area contributed by atoms with Crippen LogP contribution in [0.2, 0.25) is 0 Å². The Hall–Kier alpha value is -2.62. The maximum absolute atomic E-state index is 15.5. The molecule has 5 heterocycles. The molecule has 3 aliphatic heterocycles. The van der Waals surface area contributed by atoms with Crippen molar-refractivity contribution in [2.75, 3.05) is 50.9 Å². The summed E-state index contributed by atoms with van der Waals surface area (Å²) >= 11 is 0. The number of ether oxygens (including phenoxy) is 2. The number of aryl methyl sites for hydroxylation is 2. The van der Waals surface area contributed by atoms with Gasteiger partial charge < -0.3 is 14.4 Å². The molecule has 3 aromatic rings. The molecule has 0 aliphatic carbocycles. The molecule has 8 nitrogen and oxygen atoms in total. The average molecular weight is 495 g/mol. The molecule has 192 valence electrons. The zero-order valence-corrected chi connectivity index (χ0v) is 21.4. The lowest BCUT2D eigenvalue weighted by atomic mass is 9.84. The van der Waals surface area contributed by atoms with Crippen LogP contribution in [0, 0.1) is 13.8 Å². The van der Waals surface area contributed by atoms with Gasteiger partial charge in [-0.1, -0.05) is 0 Å². The van der Waals surface area contributed by atoms with Crippen molar-refractivity contribution in [2.24, 2.45) is 0 Å². The first-order valence-corrected chi connectivity index (χ1v) is 13.1. The summed E-state index contributed by atoms with van der Waals surface area (Å²) in [5.74, 6) is 2.21. The Morgan fingerprint density at radius 2 is 1.83 bits per heavy atom. The lowest BCUT2D eigenvalue weighted by Crippen LogP contribution is -2.54. The number of benzene rings is 1. The first-order chi connectivity index (χ1) is 17.5. The van der Waals surface area contributed by atoms with Gasteiger partial charge in [0.1, 0.15) is 17.8 Å². The predicted molar refractivity (Wildman–Crippen MR) is 137 cm³/mol. The summed E-state index contributed by atoms with van der Waals surface area (Å²) in [7, 11) is 0. The van der Waals surface area contributed by atoms with Gasteiger partial charge in [-0.25, -0.2) is 19.0 Å². The zero-order valence-electron chi connectivity index (χ0n) is 21.4. The molecule has 9 heteroatoms. The molecule has 0 N–H and O–H groups in total. The number of fused-ring (bicyclic) bond motifs is 1. The van der Waals surface area contributed by atoms with Crippen molar-refractivity contribution in [1.82, 2.24) is 24.6 Å². The second-order valence-corrected chi connectivity index (χ2v) is 10.5. The van der Waals surface area contributed by atoms with Gasteiger partial charge in [0.05, 0.1) is 43.7 Å². The van der Waals surface area contributed by atoms with Crippen LogP contribution < -0.4 is 4.90 Å². The molecular formula is C27H35FN6O2. The first-order valence-electron chi connectivity index (χ1n) is 13.1. The largest absolute Gasteiger partial charge is 0.378 e. The summed E-state index contributed by atoms with van der Waals surface area (Å²) in [6.07, 6.45) is 3.00. The van der Waals surface area contributed by atoms with E-state index in [2.05, 4.69) is 35.8 Å². The summed E-state index contributed by atoms with van der Waals surface area (Å²) in [6.45, 7) is 11.3. The maximum atomic E-state index is 15.5. The van der Waals surface area contributed by atoms with E-state index in [9.17, 15) is 0 Å². The van der Waals surface area contributed by atoms with Crippen LogP contribution >= 0.6 is 0 Å². The first kappa shape index (κ1) is 23.8. The molecule has 3 unspecified atom stereocenters. The molecule has 1 aromatic carbocycles. The number of hydrogen-bond donors (Lipinski definition) is 0. The molecule has 3 atom stereocenters. The van der Waals surface area contributed by atoms with Gasteiger partial charge in [0.25, 0.3) is 0 Å². The van der Waals surface area contributed by atoms with Gasteiger partial charge in [0.15, 0.2) is 5.82 Å². The highest BCUT2D eigenvalue weighted by atomic mass is 19.1. The van der Waals surface area contributed by atoms with Gasteiger partial charge in [-0.3, -0.25) is 4.90 Å². The summed E-state index contributed by atoms with van der Waals surface area (Å²) in [5, 5.41) is 5.72. The fraction of sp³-hybridized carbons (Fsp3) is 0.593. The Labute approximate surface area is 211 Å². The minimum Gasteiger partial charge on any atom is -0.378 e. The van der Waals surface area contributed by atoms with E-state index in [1.165, 1.54) is 0 Å². The molecule has 36 heavy (non-hydrogen) atoms. The molecule has 6 rings (SSSR count). The Balaban J connectivity index is 1.32. The molecule has 3 fully saturated rings. The molecule has 0 radical (unpaired) electrons. The third-order valence-electron chi connectivity index (χ3n) is 7.99. The third-order valence-corrected chi connectivity index (χ3v) is 7.99. The van der Waals surface area contributed by atoms with E-state index in [1.807, 2.05) is 23.9 Å². The monoisotopic (exact) mass is 494 g/mol. The number of halogens is 1. The fourth-order valence-corrected chi connectivity index (χ4v) is 5.76. The molecule has 2 aromatic heterocycles. The van der Waals surface area contributed by atoms with Crippen LogP contribution in [0.5, 0.6) is 0 Å². The molecule has 0 amide bonds. The van der Waals surface area contributed by atoms with E-state index in [0.29, 0.717) is 25.0 Å². The average Bonchev–Trinajstić information content (AvgIpc) is 3.09. The standard InChI is InChI=1S/C27H35FN6O2/c1-17-10-20-13-29-34(27-12-26(30-19(3)31-27)32-6-4-18(2)36-9-8-32)25(20)11-23(17)22-5-7-33(14-24(22)28)21-15-35-16-21/h10-13,18,21-22,24H,4-9,14-16H2,1-3H3. The van der Waals surface area contributed by atoms with Gasteiger partial charge in [-0.2, -0.15) is 5.10 Å². The van der Waals surface area contributed by atoms with E-state index >= 15 is 4.39 Å². The molecule has 0 bridgehead atoms. The van der Waals surface area contributed by atoms with Crippen LogP contribution in [0.3, 0.4) is 0 Å². The Kier molecular flexibility index (Phi) is 6.39. The van der Waals surface area contributed by atoms with Gasteiger partial charge in [0, 0.05) is 37.0 Å². The van der Waals surface area contributed by atoms with Crippen LogP contribution in [-0.2, 0) is 9.47 Å². The van der Waals surface area contributed by atoms with Gasteiger partial charge in [-0.15, -0.1) is 0 Å². The SMILES string of the molecule is Cc1nc(N2CCOC(C)CC2)cc(-n2ncc3cc(C)c(C4CCN(C5COC5)CC4F)cc32)n1. The smallest absolute Gasteiger partial charge is 0.159 e. The second kappa shape index (κ2) is 9.68. The fourth-order valence-electron chi connectivity index (χ4n) is 5.76. The van der Waals surface area contributed by atoms with Crippen molar-refractivity contribution in [2.45, 2.75) is 57.8 Å². The summed E-state index contributed by atoms with van der Waals surface area (Å²) in [6, 6.07) is 6.65. The highest BCUT2D eigenvalue weighted by Gasteiger charge is 2.36. The van der Waals surface area contributed by atoms with E-state index in [-0.39, 0.29) is 12.0 Å². The molecular weight excluding hydrogens is 459 g/mol. The number of piperidine rings is 1. The van der Waals surface area contributed by atoms with Crippen molar-refractivity contribution in [3.8, 4) is 5.82 Å². The van der Waals surface area contributed by atoms with Gasteiger partial charge in [-0.05, 0) is 63.4 Å². The Morgan fingerprint density at radius 3 is 2.61 bits per heavy atom. The van der Waals surface area contributed by atoms with E-state index in [0.717, 1.165) is 79.4 Å². The van der Waals surface area contributed by atoms with Gasteiger partial charge in [0.2, 0.25) is 0 Å². The normalized spacial score (nSPS) is 26.2. The van der Waals surface area contributed by atoms with Crippen LogP contribution in [0.15, 0.2) is 24.4 Å². The third kappa shape index (κ3) is 4.48. The summed E-state index contributed by atoms with van der Waals surface area (Å²) in [4.78, 5) is 14.0. The second-order valence-electron chi connectivity index (χ2n) is 10.5. The minimum absolute atomic E-state index is 0.114. The highest BCUT2D eigenvalue weighted by Crippen LogP contribution is 2.36. The van der Waals surface area contributed by atoms with Crippen molar-refractivity contribution in [1.29, 1.82) is 0 Å². The number of nitrogens with zero attached hydrogens (tertiary/aromatic N) is 6. The maximum Gasteiger partial charge on any atom is 0.159 e. The summed E-state index contributed by atoms with van der Waals surface area (Å²) in [5.41, 5.74) is 3.15. The van der Waals surface area contributed by atoms with Crippen molar-refractivity contribution in [3.05, 3.63) is 41.3 Å². The number of aromatic nitrogens is 4. The zero-order chi connectivity index (χ0) is 24.8.